The molecule has 0 saturated carbocycles. The van der Waals surface area contributed by atoms with Gasteiger partial charge in [-0.05, 0) is 37.5 Å². The molecule has 120 valence electrons. The SMILES string of the molecule is CCC(CC)(CN)C(=O)NC(C)c1ccc(F)c(F)c1.Cl. The fourth-order valence-corrected chi connectivity index (χ4v) is 2.17. The highest BCUT2D eigenvalue weighted by molar-refractivity contribution is 5.85. The molecule has 0 aromatic heterocycles. The molecule has 3 N–H and O–H groups in total. The second-order valence-corrected chi connectivity index (χ2v) is 5.06. The maximum absolute atomic E-state index is 13.2. The molecule has 0 heterocycles. The number of benzene rings is 1. The number of rotatable bonds is 6. The molecule has 0 aliphatic carbocycles. The van der Waals surface area contributed by atoms with Crippen LogP contribution < -0.4 is 11.1 Å². The van der Waals surface area contributed by atoms with Crippen molar-refractivity contribution in [2.24, 2.45) is 11.1 Å². The first-order valence-electron chi connectivity index (χ1n) is 6.86. The van der Waals surface area contributed by atoms with Crippen molar-refractivity contribution in [1.82, 2.24) is 5.32 Å². The highest BCUT2D eigenvalue weighted by atomic mass is 35.5. The van der Waals surface area contributed by atoms with Gasteiger partial charge >= 0.3 is 0 Å². The number of carbonyl (C=O) groups excluding carboxylic acids is 1. The molecule has 1 atom stereocenters. The Labute approximate surface area is 130 Å². The first-order valence-corrected chi connectivity index (χ1v) is 6.86. The Kier molecular flexibility index (Phi) is 7.82. The van der Waals surface area contributed by atoms with Crippen LogP contribution in [0.2, 0.25) is 0 Å². The second kappa shape index (κ2) is 8.29. The van der Waals surface area contributed by atoms with Crippen molar-refractivity contribution >= 4 is 18.3 Å². The summed E-state index contributed by atoms with van der Waals surface area (Å²) in [4.78, 5) is 12.3. The van der Waals surface area contributed by atoms with Crippen LogP contribution in [0.5, 0.6) is 0 Å². The number of hydrogen-bond donors (Lipinski definition) is 2. The van der Waals surface area contributed by atoms with Crippen molar-refractivity contribution in [3.05, 3.63) is 35.4 Å². The molecule has 1 aromatic carbocycles. The normalized spacial score (nSPS) is 12.5. The van der Waals surface area contributed by atoms with Crippen LogP contribution in [0.15, 0.2) is 18.2 Å². The smallest absolute Gasteiger partial charge is 0.227 e. The Morgan fingerprint density at radius 1 is 1.29 bits per heavy atom. The van der Waals surface area contributed by atoms with Crippen molar-refractivity contribution in [2.45, 2.75) is 39.7 Å². The zero-order chi connectivity index (χ0) is 15.3. The van der Waals surface area contributed by atoms with Crippen LogP contribution in [0.3, 0.4) is 0 Å². The molecule has 1 amide bonds. The minimum atomic E-state index is -0.917. The predicted molar refractivity (Wildman–Crippen MR) is 82.2 cm³/mol. The average Bonchev–Trinajstić information content (AvgIpc) is 2.44. The zero-order valence-electron chi connectivity index (χ0n) is 12.6. The topological polar surface area (TPSA) is 55.1 Å². The van der Waals surface area contributed by atoms with Crippen molar-refractivity contribution in [1.29, 1.82) is 0 Å². The number of amides is 1. The third-order valence-corrected chi connectivity index (χ3v) is 4.02. The molecule has 0 fully saturated rings. The highest BCUT2D eigenvalue weighted by Crippen LogP contribution is 2.26. The largest absolute Gasteiger partial charge is 0.349 e. The summed E-state index contributed by atoms with van der Waals surface area (Å²) in [5.41, 5.74) is 5.64. The van der Waals surface area contributed by atoms with Crippen LogP contribution >= 0.6 is 12.4 Å². The van der Waals surface area contributed by atoms with E-state index in [4.69, 9.17) is 5.73 Å². The Bertz CT molecular complexity index is 470. The van der Waals surface area contributed by atoms with Crippen LogP contribution in [0.1, 0.15) is 45.2 Å². The van der Waals surface area contributed by atoms with E-state index in [2.05, 4.69) is 5.32 Å². The number of hydrogen-bond acceptors (Lipinski definition) is 2. The standard InChI is InChI=1S/C15H22F2N2O.ClH/c1-4-15(5-2,9-18)14(20)19-10(3)11-6-7-12(16)13(17)8-11;/h6-8,10H,4-5,9,18H2,1-3H3,(H,19,20);1H. The van der Waals surface area contributed by atoms with Crippen LogP contribution in [-0.2, 0) is 4.79 Å². The van der Waals surface area contributed by atoms with Gasteiger partial charge in [-0.15, -0.1) is 12.4 Å². The van der Waals surface area contributed by atoms with Crippen LogP contribution in [0.4, 0.5) is 8.78 Å². The molecule has 0 radical (unpaired) electrons. The monoisotopic (exact) mass is 320 g/mol. The van der Waals surface area contributed by atoms with E-state index >= 15 is 0 Å². The lowest BCUT2D eigenvalue weighted by Gasteiger charge is -2.30. The van der Waals surface area contributed by atoms with Crippen LogP contribution in [-0.4, -0.2) is 12.5 Å². The lowest BCUT2D eigenvalue weighted by atomic mass is 9.81. The third-order valence-electron chi connectivity index (χ3n) is 4.02. The third kappa shape index (κ3) is 4.38. The van der Waals surface area contributed by atoms with E-state index in [1.165, 1.54) is 6.07 Å². The summed E-state index contributed by atoms with van der Waals surface area (Å²) in [6.45, 7) is 5.82. The number of nitrogens with two attached hydrogens (primary N) is 1. The molecule has 0 bridgehead atoms. The van der Waals surface area contributed by atoms with E-state index in [0.717, 1.165) is 12.1 Å². The summed E-state index contributed by atoms with van der Waals surface area (Å²) in [6, 6.07) is 3.22. The van der Waals surface area contributed by atoms with Gasteiger partial charge in [0.05, 0.1) is 11.5 Å². The summed E-state index contributed by atoms with van der Waals surface area (Å²) in [5, 5.41) is 2.83. The lowest BCUT2D eigenvalue weighted by Crippen LogP contribution is -2.46. The first kappa shape index (κ1) is 19.8. The van der Waals surface area contributed by atoms with E-state index in [1.807, 2.05) is 13.8 Å². The van der Waals surface area contributed by atoms with Gasteiger partial charge in [0.2, 0.25) is 5.91 Å². The lowest BCUT2D eigenvalue weighted by molar-refractivity contribution is -0.131. The molecule has 1 unspecified atom stereocenters. The molecule has 6 heteroatoms. The van der Waals surface area contributed by atoms with Gasteiger partial charge < -0.3 is 11.1 Å². The van der Waals surface area contributed by atoms with E-state index in [-0.39, 0.29) is 24.9 Å². The summed E-state index contributed by atoms with van der Waals surface area (Å²) in [5.74, 6) is -1.97. The van der Waals surface area contributed by atoms with Crippen LogP contribution in [0.25, 0.3) is 0 Å². The first-order chi connectivity index (χ1) is 9.40. The Morgan fingerprint density at radius 2 is 1.86 bits per heavy atom. The van der Waals surface area contributed by atoms with E-state index < -0.39 is 23.1 Å². The van der Waals surface area contributed by atoms with Gasteiger partial charge in [0.1, 0.15) is 0 Å². The van der Waals surface area contributed by atoms with Crippen molar-refractivity contribution < 1.29 is 13.6 Å². The molecule has 0 aliphatic heterocycles. The number of nitrogens with one attached hydrogen (secondary N) is 1. The molecule has 1 aromatic rings. The van der Waals surface area contributed by atoms with Gasteiger partial charge in [0, 0.05) is 6.54 Å². The molecule has 0 aliphatic rings. The van der Waals surface area contributed by atoms with Gasteiger partial charge in [0.15, 0.2) is 11.6 Å². The van der Waals surface area contributed by atoms with Gasteiger partial charge in [-0.2, -0.15) is 0 Å². The molecule has 21 heavy (non-hydrogen) atoms. The Morgan fingerprint density at radius 3 is 2.29 bits per heavy atom. The van der Waals surface area contributed by atoms with E-state index in [9.17, 15) is 13.6 Å². The Balaban J connectivity index is 0.00000400. The maximum atomic E-state index is 13.2. The average molecular weight is 321 g/mol. The van der Waals surface area contributed by atoms with Gasteiger partial charge in [-0.25, -0.2) is 8.78 Å². The summed E-state index contributed by atoms with van der Waals surface area (Å²) >= 11 is 0. The highest BCUT2D eigenvalue weighted by Gasteiger charge is 2.34. The summed E-state index contributed by atoms with van der Waals surface area (Å²) in [6.07, 6.45) is 1.27. The van der Waals surface area contributed by atoms with Gasteiger partial charge in [-0.3, -0.25) is 4.79 Å². The zero-order valence-corrected chi connectivity index (χ0v) is 13.4. The molecular weight excluding hydrogens is 298 g/mol. The van der Waals surface area contributed by atoms with Crippen LogP contribution in [0, 0.1) is 17.0 Å². The Hall–Kier alpha value is -1.20. The summed E-state index contributed by atoms with van der Waals surface area (Å²) < 4.78 is 26.1. The van der Waals surface area contributed by atoms with Gasteiger partial charge in [0.25, 0.3) is 0 Å². The molecule has 0 spiro atoms. The minimum absolute atomic E-state index is 0. The molecular formula is C15H23ClF2N2O. The van der Waals surface area contributed by atoms with Gasteiger partial charge in [-0.1, -0.05) is 19.9 Å². The number of halogens is 3. The number of carbonyl (C=O) groups is 1. The minimum Gasteiger partial charge on any atom is -0.349 e. The predicted octanol–water partition coefficient (Wildman–Crippen LogP) is 3.33. The molecule has 3 nitrogen and oxygen atoms in total. The molecule has 0 saturated heterocycles. The van der Waals surface area contributed by atoms with Crippen molar-refractivity contribution in [3.63, 3.8) is 0 Å². The van der Waals surface area contributed by atoms with Crippen molar-refractivity contribution in [3.8, 4) is 0 Å². The van der Waals surface area contributed by atoms with E-state index in [0.29, 0.717) is 18.4 Å². The maximum Gasteiger partial charge on any atom is 0.227 e. The fourth-order valence-electron chi connectivity index (χ4n) is 2.17. The second-order valence-electron chi connectivity index (χ2n) is 5.06. The summed E-state index contributed by atoms with van der Waals surface area (Å²) in [7, 11) is 0. The van der Waals surface area contributed by atoms with Crippen molar-refractivity contribution in [2.75, 3.05) is 6.54 Å². The van der Waals surface area contributed by atoms with E-state index in [1.54, 1.807) is 6.92 Å². The molecule has 1 rings (SSSR count). The fraction of sp³-hybridized carbons (Fsp3) is 0.533. The quantitative estimate of drug-likeness (QED) is 0.844.